The first-order chi connectivity index (χ1) is 6.83. The van der Waals surface area contributed by atoms with E-state index in [1.165, 1.54) is 11.5 Å². The lowest BCUT2D eigenvalue weighted by Crippen LogP contribution is -1.86. The molecule has 1 aromatic heterocycles. The Morgan fingerprint density at radius 3 is 2.57 bits per heavy atom. The van der Waals surface area contributed by atoms with Gasteiger partial charge in [0.15, 0.2) is 5.75 Å². The fourth-order valence-corrected chi connectivity index (χ4v) is 2.06. The molecule has 0 radical (unpaired) electrons. The van der Waals surface area contributed by atoms with E-state index in [1.807, 2.05) is 37.3 Å². The first-order valence-corrected chi connectivity index (χ1v) is 5.16. The van der Waals surface area contributed by atoms with Gasteiger partial charge in [0.05, 0.1) is 12.0 Å². The molecule has 0 spiro atoms. The molecule has 1 heterocycles. The molecule has 3 heteroatoms. The molecule has 0 amide bonds. The number of hydrogen-bond donors (Lipinski definition) is 0. The van der Waals surface area contributed by atoms with Gasteiger partial charge in [-0.3, -0.25) is 0 Å². The van der Waals surface area contributed by atoms with Crippen LogP contribution in [0.1, 0.15) is 4.88 Å². The molecule has 0 aliphatic rings. The van der Waals surface area contributed by atoms with Crippen LogP contribution in [0.3, 0.4) is 0 Å². The first kappa shape index (κ1) is 9.21. The zero-order valence-electron chi connectivity index (χ0n) is 8.15. The summed E-state index contributed by atoms with van der Waals surface area (Å²) in [5, 5.41) is 0. The lowest BCUT2D eigenvalue weighted by Gasteiger charge is -2.01. The Kier molecular flexibility index (Phi) is 2.50. The van der Waals surface area contributed by atoms with Crippen molar-refractivity contribution in [2.45, 2.75) is 6.92 Å². The molecule has 1 aromatic carbocycles. The number of aryl methyl sites for hydroxylation is 1. The van der Waals surface area contributed by atoms with E-state index in [0.29, 0.717) is 0 Å². The van der Waals surface area contributed by atoms with Crippen LogP contribution < -0.4 is 4.74 Å². The van der Waals surface area contributed by atoms with Gasteiger partial charge >= 0.3 is 0 Å². The summed E-state index contributed by atoms with van der Waals surface area (Å²) in [6, 6.07) is 10.1. The van der Waals surface area contributed by atoms with Crippen LogP contribution >= 0.6 is 11.5 Å². The molecule has 0 saturated heterocycles. The Morgan fingerprint density at radius 2 is 1.93 bits per heavy atom. The highest BCUT2D eigenvalue weighted by Crippen LogP contribution is 2.34. The second-order valence-electron chi connectivity index (χ2n) is 2.99. The largest absolute Gasteiger partial charge is 0.493 e. The van der Waals surface area contributed by atoms with Crippen molar-refractivity contribution in [3.63, 3.8) is 0 Å². The highest BCUT2D eigenvalue weighted by molar-refractivity contribution is 7.06. The average molecular weight is 205 g/mol. The van der Waals surface area contributed by atoms with Gasteiger partial charge in [-0.1, -0.05) is 30.3 Å². The molecular weight excluding hydrogens is 194 g/mol. The molecule has 0 aliphatic carbocycles. The van der Waals surface area contributed by atoms with Crippen LogP contribution in [-0.2, 0) is 0 Å². The van der Waals surface area contributed by atoms with Gasteiger partial charge in [0.25, 0.3) is 0 Å². The van der Waals surface area contributed by atoms with Crippen LogP contribution in [0, 0.1) is 6.92 Å². The SMILES string of the molecule is COc1c(-c2ccccc2)nsc1C. The zero-order chi connectivity index (χ0) is 9.97. The summed E-state index contributed by atoms with van der Waals surface area (Å²) in [7, 11) is 1.68. The molecule has 0 fully saturated rings. The molecule has 2 aromatic rings. The average Bonchev–Trinajstić information content (AvgIpc) is 2.61. The predicted molar refractivity (Wildman–Crippen MR) is 58.8 cm³/mol. The number of nitrogens with zero attached hydrogens (tertiary/aromatic N) is 1. The second-order valence-corrected chi connectivity index (χ2v) is 3.96. The molecule has 0 unspecified atom stereocenters. The lowest BCUT2D eigenvalue weighted by molar-refractivity contribution is 0.415. The summed E-state index contributed by atoms with van der Waals surface area (Å²) in [6.07, 6.45) is 0. The van der Waals surface area contributed by atoms with Gasteiger partial charge < -0.3 is 4.74 Å². The molecular formula is C11H11NOS. The maximum absolute atomic E-state index is 5.32. The van der Waals surface area contributed by atoms with E-state index >= 15 is 0 Å². The minimum Gasteiger partial charge on any atom is -0.493 e. The molecule has 0 atom stereocenters. The number of aromatic nitrogens is 1. The van der Waals surface area contributed by atoms with Gasteiger partial charge in [-0.25, -0.2) is 0 Å². The summed E-state index contributed by atoms with van der Waals surface area (Å²) < 4.78 is 9.69. The molecule has 72 valence electrons. The van der Waals surface area contributed by atoms with Gasteiger partial charge in [0.1, 0.15) is 5.69 Å². The van der Waals surface area contributed by atoms with E-state index in [0.717, 1.165) is 21.9 Å². The van der Waals surface area contributed by atoms with E-state index in [2.05, 4.69) is 4.37 Å². The van der Waals surface area contributed by atoms with Crippen LogP contribution in [0.2, 0.25) is 0 Å². The minimum atomic E-state index is 0.890. The maximum atomic E-state index is 5.32. The molecule has 0 bridgehead atoms. The van der Waals surface area contributed by atoms with E-state index in [9.17, 15) is 0 Å². The summed E-state index contributed by atoms with van der Waals surface area (Å²) in [4.78, 5) is 1.12. The molecule has 14 heavy (non-hydrogen) atoms. The standard InChI is InChI=1S/C11H11NOS/c1-8-11(13-2)10(12-14-8)9-6-4-3-5-7-9/h3-7H,1-2H3. The van der Waals surface area contributed by atoms with Crippen molar-refractivity contribution in [1.82, 2.24) is 4.37 Å². The third-order valence-corrected chi connectivity index (χ3v) is 2.79. The van der Waals surface area contributed by atoms with Gasteiger partial charge in [-0.2, -0.15) is 4.37 Å². The number of methoxy groups -OCH3 is 1. The number of rotatable bonds is 2. The Bertz CT molecular complexity index is 422. The van der Waals surface area contributed by atoms with E-state index in [1.54, 1.807) is 7.11 Å². The fourth-order valence-electron chi connectivity index (χ4n) is 1.38. The topological polar surface area (TPSA) is 22.1 Å². The van der Waals surface area contributed by atoms with Crippen molar-refractivity contribution in [2.24, 2.45) is 0 Å². The van der Waals surface area contributed by atoms with Crippen molar-refractivity contribution in [1.29, 1.82) is 0 Å². The fraction of sp³-hybridized carbons (Fsp3) is 0.182. The van der Waals surface area contributed by atoms with Crippen molar-refractivity contribution in [2.75, 3.05) is 7.11 Å². The van der Waals surface area contributed by atoms with Gasteiger partial charge in [-0.05, 0) is 18.5 Å². The Hall–Kier alpha value is -1.35. The Morgan fingerprint density at radius 1 is 1.21 bits per heavy atom. The minimum absolute atomic E-state index is 0.890. The Labute approximate surface area is 87.3 Å². The summed E-state index contributed by atoms with van der Waals surface area (Å²) in [5.41, 5.74) is 2.05. The van der Waals surface area contributed by atoms with Crippen LogP contribution in [0.4, 0.5) is 0 Å². The van der Waals surface area contributed by atoms with E-state index in [4.69, 9.17) is 4.74 Å². The zero-order valence-corrected chi connectivity index (χ0v) is 8.97. The lowest BCUT2D eigenvalue weighted by atomic mass is 10.1. The Balaban J connectivity index is 2.52. The van der Waals surface area contributed by atoms with Gasteiger partial charge in [-0.15, -0.1) is 0 Å². The second kappa shape index (κ2) is 3.80. The van der Waals surface area contributed by atoms with Crippen molar-refractivity contribution < 1.29 is 4.74 Å². The predicted octanol–water partition coefficient (Wildman–Crippen LogP) is 3.13. The maximum Gasteiger partial charge on any atom is 0.160 e. The molecule has 0 saturated carbocycles. The van der Waals surface area contributed by atoms with Crippen molar-refractivity contribution >= 4 is 11.5 Å². The monoisotopic (exact) mass is 205 g/mol. The van der Waals surface area contributed by atoms with Gasteiger partial charge in [0.2, 0.25) is 0 Å². The molecule has 0 aliphatic heterocycles. The summed E-state index contributed by atoms with van der Waals surface area (Å²) in [5.74, 6) is 0.890. The first-order valence-electron chi connectivity index (χ1n) is 4.38. The summed E-state index contributed by atoms with van der Waals surface area (Å²) in [6.45, 7) is 2.02. The quantitative estimate of drug-likeness (QED) is 0.751. The van der Waals surface area contributed by atoms with Crippen LogP contribution in [0.15, 0.2) is 30.3 Å². The smallest absolute Gasteiger partial charge is 0.160 e. The van der Waals surface area contributed by atoms with E-state index in [-0.39, 0.29) is 0 Å². The van der Waals surface area contributed by atoms with Crippen LogP contribution in [-0.4, -0.2) is 11.5 Å². The van der Waals surface area contributed by atoms with Gasteiger partial charge in [0, 0.05) is 5.56 Å². The van der Waals surface area contributed by atoms with Crippen molar-refractivity contribution in [3.8, 4) is 17.0 Å². The molecule has 2 rings (SSSR count). The number of hydrogen-bond acceptors (Lipinski definition) is 3. The van der Waals surface area contributed by atoms with Crippen LogP contribution in [0.5, 0.6) is 5.75 Å². The number of ether oxygens (including phenoxy) is 1. The third kappa shape index (κ3) is 1.51. The number of benzene rings is 1. The van der Waals surface area contributed by atoms with Crippen LogP contribution in [0.25, 0.3) is 11.3 Å². The van der Waals surface area contributed by atoms with E-state index < -0.39 is 0 Å². The summed E-state index contributed by atoms with van der Waals surface area (Å²) >= 11 is 1.48. The third-order valence-electron chi connectivity index (χ3n) is 2.06. The molecule has 0 N–H and O–H groups in total. The highest BCUT2D eigenvalue weighted by atomic mass is 32.1. The molecule has 2 nitrogen and oxygen atoms in total. The normalized spacial score (nSPS) is 10.1. The highest BCUT2D eigenvalue weighted by Gasteiger charge is 2.11. The van der Waals surface area contributed by atoms with Crippen molar-refractivity contribution in [3.05, 3.63) is 35.2 Å².